The maximum Gasteiger partial charge on any atom is 0.320 e. The minimum atomic E-state index is -0.783. The number of amides is 1. The normalized spacial score (nSPS) is 34.2. The van der Waals surface area contributed by atoms with Crippen molar-refractivity contribution in [2.24, 2.45) is 5.41 Å². The summed E-state index contributed by atoms with van der Waals surface area (Å²) in [6.07, 6.45) is 1.64. The van der Waals surface area contributed by atoms with Gasteiger partial charge in [0.25, 0.3) is 0 Å². The molecule has 2 aliphatic rings. The zero-order valence-electron chi connectivity index (χ0n) is 9.86. The van der Waals surface area contributed by atoms with Crippen molar-refractivity contribution in [3.63, 3.8) is 0 Å². The first-order valence-corrected chi connectivity index (χ1v) is 5.84. The van der Waals surface area contributed by atoms with Gasteiger partial charge in [0.2, 0.25) is 5.91 Å². The Morgan fingerprint density at radius 3 is 2.88 bits per heavy atom. The third-order valence-electron chi connectivity index (χ3n) is 3.51. The van der Waals surface area contributed by atoms with E-state index in [2.05, 4.69) is 10.6 Å². The van der Waals surface area contributed by atoms with E-state index in [9.17, 15) is 9.59 Å². The topological polar surface area (TPSA) is 87.7 Å². The number of rotatable bonds is 6. The van der Waals surface area contributed by atoms with Crippen LogP contribution in [0.2, 0.25) is 0 Å². The Labute approximate surface area is 99.7 Å². The summed E-state index contributed by atoms with van der Waals surface area (Å²) in [6, 6.07) is -0.128. The van der Waals surface area contributed by atoms with Crippen LogP contribution in [-0.2, 0) is 14.3 Å². The van der Waals surface area contributed by atoms with Gasteiger partial charge in [-0.1, -0.05) is 0 Å². The second kappa shape index (κ2) is 4.62. The summed E-state index contributed by atoms with van der Waals surface area (Å²) >= 11 is 0. The molecule has 0 radical (unpaired) electrons. The number of carboxylic acid groups (broad SMARTS) is 1. The molecule has 0 bridgehead atoms. The predicted molar refractivity (Wildman–Crippen MR) is 59.5 cm³/mol. The van der Waals surface area contributed by atoms with Crippen molar-refractivity contribution in [3.8, 4) is 0 Å². The fraction of sp³-hybridized carbons (Fsp3) is 0.818. The number of hydrogen-bond donors (Lipinski definition) is 3. The summed E-state index contributed by atoms with van der Waals surface area (Å²) in [7, 11) is 0. The van der Waals surface area contributed by atoms with E-state index in [1.807, 2.05) is 0 Å². The molecule has 1 amide bonds. The van der Waals surface area contributed by atoms with E-state index in [1.165, 1.54) is 6.92 Å². The number of fused-ring (bicyclic) bond motifs is 1. The van der Waals surface area contributed by atoms with E-state index >= 15 is 0 Å². The summed E-state index contributed by atoms with van der Waals surface area (Å²) < 4.78 is 5.49. The SMILES string of the molecule is CC(=O)NCCOC[C@]12C[C@@H](C(=O)O)N[C@H]1C2. The van der Waals surface area contributed by atoms with Crippen LogP contribution in [0, 0.1) is 5.41 Å². The Morgan fingerprint density at radius 1 is 1.53 bits per heavy atom. The van der Waals surface area contributed by atoms with Crippen LogP contribution in [0.25, 0.3) is 0 Å². The van der Waals surface area contributed by atoms with Crippen LogP contribution in [0.3, 0.4) is 0 Å². The number of carbonyl (C=O) groups is 2. The highest BCUT2D eigenvalue weighted by Crippen LogP contribution is 2.54. The molecule has 1 heterocycles. The highest BCUT2D eigenvalue weighted by Gasteiger charge is 2.61. The molecule has 1 aliphatic heterocycles. The number of nitrogens with one attached hydrogen (secondary N) is 2. The number of carboxylic acids is 1. The molecule has 17 heavy (non-hydrogen) atoms. The monoisotopic (exact) mass is 242 g/mol. The van der Waals surface area contributed by atoms with Gasteiger partial charge < -0.3 is 20.5 Å². The average molecular weight is 242 g/mol. The third kappa shape index (κ3) is 2.76. The van der Waals surface area contributed by atoms with Gasteiger partial charge in [0.15, 0.2) is 0 Å². The molecule has 2 rings (SSSR count). The highest BCUT2D eigenvalue weighted by molar-refractivity contribution is 5.74. The standard InChI is InChI=1S/C11H18N2O4/c1-7(14)12-2-3-17-6-11-4-8(10(15)16)13-9(11)5-11/h8-9,13H,2-6H2,1H3,(H,12,14)(H,15,16)/t8-,9-,11+/m0/s1. The molecule has 0 unspecified atom stereocenters. The minimum absolute atomic E-state index is 0.0271. The van der Waals surface area contributed by atoms with Gasteiger partial charge >= 0.3 is 5.97 Å². The summed E-state index contributed by atoms with van der Waals surface area (Å²) in [5.74, 6) is -0.848. The molecule has 96 valence electrons. The van der Waals surface area contributed by atoms with E-state index in [4.69, 9.17) is 9.84 Å². The number of piperidine rings is 1. The molecule has 1 saturated carbocycles. The lowest BCUT2D eigenvalue weighted by Gasteiger charge is -2.13. The van der Waals surface area contributed by atoms with Crippen LogP contribution in [0.1, 0.15) is 19.8 Å². The lowest BCUT2D eigenvalue weighted by Crippen LogP contribution is -2.33. The molecule has 2 fully saturated rings. The second-order valence-corrected chi connectivity index (χ2v) is 4.92. The molecule has 6 heteroatoms. The third-order valence-corrected chi connectivity index (χ3v) is 3.51. The molecule has 0 spiro atoms. The summed E-state index contributed by atoms with van der Waals surface area (Å²) in [4.78, 5) is 21.4. The lowest BCUT2D eigenvalue weighted by atomic mass is 10.0. The number of ether oxygens (including phenoxy) is 1. The average Bonchev–Trinajstić information content (AvgIpc) is 2.79. The maximum atomic E-state index is 10.8. The van der Waals surface area contributed by atoms with Gasteiger partial charge in [-0.3, -0.25) is 9.59 Å². The molecule has 1 saturated heterocycles. The fourth-order valence-corrected chi connectivity index (χ4v) is 2.47. The lowest BCUT2D eigenvalue weighted by molar-refractivity contribution is -0.139. The van der Waals surface area contributed by atoms with Gasteiger partial charge in [-0.05, 0) is 12.8 Å². The van der Waals surface area contributed by atoms with Crippen molar-refractivity contribution in [2.45, 2.75) is 31.8 Å². The van der Waals surface area contributed by atoms with Crippen molar-refractivity contribution in [1.82, 2.24) is 10.6 Å². The first-order valence-electron chi connectivity index (χ1n) is 5.84. The Kier molecular flexibility index (Phi) is 3.35. The van der Waals surface area contributed by atoms with Gasteiger partial charge in [0, 0.05) is 24.9 Å². The number of carbonyl (C=O) groups excluding carboxylic acids is 1. The summed E-state index contributed by atoms with van der Waals surface area (Å²) in [6.45, 7) is 3.03. The molecule has 0 aromatic heterocycles. The Balaban J connectivity index is 1.64. The molecule has 3 atom stereocenters. The highest BCUT2D eigenvalue weighted by atomic mass is 16.5. The van der Waals surface area contributed by atoms with Crippen LogP contribution >= 0.6 is 0 Å². The largest absolute Gasteiger partial charge is 0.480 e. The first-order chi connectivity index (χ1) is 8.03. The Hall–Kier alpha value is -1.14. The van der Waals surface area contributed by atoms with Gasteiger partial charge in [0.1, 0.15) is 6.04 Å². The molecule has 0 aromatic rings. The van der Waals surface area contributed by atoms with Crippen LogP contribution < -0.4 is 10.6 Å². The zero-order valence-corrected chi connectivity index (χ0v) is 9.86. The Morgan fingerprint density at radius 2 is 2.29 bits per heavy atom. The van der Waals surface area contributed by atoms with Crippen molar-refractivity contribution in [3.05, 3.63) is 0 Å². The van der Waals surface area contributed by atoms with E-state index in [-0.39, 0.29) is 11.3 Å². The van der Waals surface area contributed by atoms with Crippen LogP contribution in [-0.4, -0.2) is 48.8 Å². The van der Waals surface area contributed by atoms with E-state index in [1.54, 1.807) is 0 Å². The molecule has 6 nitrogen and oxygen atoms in total. The van der Waals surface area contributed by atoms with Crippen molar-refractivity contribution in [1.29, 1.82) is 0 Å². The van der Waals surface area contributed by atoms with Crippen LogP contribution in [0.15, 0.2) is 0 Å². The molecular weight excluding hydrogens is 224 g/mol. The van der Waals surface area contributed by atoms with Crippen LogP contribution in [0.4, 0.5) is 0 Å². The quantitative estimate of drug-likeness (QED) is 0.538. The van der Waals surface area contributed by atoms with E-state index in [0.717, 1.165) is 6.42 Å². The Bertz CT molecular complexity index is 333. The van der Waals surface area contributed by atoms with E-state index in [0.29, 0.717) is 32.2 Å². The first kappa shape index (κ1) is 12.3. The fourth-order valence-electron chi connectivity index (χ4n) is 2.47. The summed E-state index contributed by atoms with van der Waals surface area (Å²) in [5.41, 5.74) is 0.0271. The second-order valence-electron chi connectivity index (χ2n) is 4.92. The number of hydrogen-bond acceptors (Lipinski definition) is 4. The number of aliphatic carboxylic acids is 1. The van der Waals surface area contributed by atoms with Gasteiger partial charge in [0.05, 0.1) is 13.2 Å². The maximum absolute atomic E-state index is 10.8. The van der Waals surface area contributed by atoms with Crippen molar-refractivity contribution < 1.29 is 19.4 Å². The van der Waals surface area contributed by atoms with Crippen molar-refractivity contribution >= 4 is 11.9 Å². The minimum Gasteiger partial charge on any atom is -0.480 e. The smallest absolute Gasteiger partial charge is 0.320 e. The molecule has 0 aromatic carbocycles. The zero-order chi connectivity index (χ0) is 12.5. The molecular formula is C11H18N2O4. The molecule has 1 aliphatic carbocycles. The van der Waals surface area contributed by atoms with E-state index < -0.39 is 12.0 Å². The van der Waals surface area contributed by atoms with Crippen LogP contribution in [0.5, 0.6) is 0 Å². The predicted octanol–water partition coefficient (Wildman–Crippen LogP) is -0.656. The van der Waals surface area contributed by atoms with Gasteiger partial charge in [-0.15, -0.1) is 0 Å². The van der Waals surface area contributed by atoms with Gasteiger partial charge in [-0.2, -0.15) is 0 Å². The molecule has 3 N–H and O–H groups in total. The summed E-state index contributed by atoms with van der Waals surface area (Å²) in [5, 5.41) is 14.6. The van der Waals surface area contributed by atoms with Gasteiger partial charge in [-0.25, -0.2) is 0 Å². The van der Waals surface area contributed by atoms with Crippen molar-refractivity contribution in [2.75, 3.05) is 19.8 Å².